The molecule has 33 heavy (non-hydrogen) atoms. The summed E-state index contributed by atoms with van der Waals surface area (Å²) in [5.74, 6) is 1.06. The van der Waals surface area contributed by atoms with E-state index in [2.05, 4.69) is 10.0 Å². The Morgan fingerprint density at radius 2 is 1.58 bits per heavy atom. The maximum absolute atomic E-state index is 12.6. The summed E-state index contributed by atoms with van der Waals surface area (Å²) in [6.45, 7) is 4.09. The van der Waals surface area contributed by atoms with E-state index in [1.165, 1.54) is 0 Å². The molecule has 0 unspecified atom stereocenters. The molecule has 8 heteroatoms. The maximum atomic E-state index is 12.6. The van der Waals surface area contributed by atoms with Crippen molar-refractivity contribution in [3.05, 3.63) is 82.9 Å². The summed E-state index contributed by atoms with van der Waals surface area (Å²) in [4.78, 5) is 12.8. The molecule has 7 nitrogen and oxygen atoms in total. The Labute approximate surface area is 194 Å². The molecule has 0 aliphatic heterocycles. The lowest BCUT2D eigenvalue weighted by atomic mass is 10.1. The van der Waals surface area contributed by atoms with E-state index < -0.39 is 10.0 Å². The second kappa shape index (κ2) is 10.4. The fraction of sp³-hybridized carbons (Fsp3) is 0.240. The van der Waals surface area contributed by atoms with E-state index in [1.807, 2.05) is 25.1 Å². The third-order valence-electron chi connectivity index (χ3n) is 5.21. The van der Waals surface area contributed by atoms with Crippen LogP contribution in [0, 0.1) is 13.8 Å². The molecule has 0 fully saturated rings. The number of hydrogen-bond donors (Lipinski definition) is 2. The summed E-state index contributed by atoms with van der Waals surface area (Å²) in [5.41, 5.74) is 3.52. The van der Waals surface area contributed by atoms with Gasteiger partial charge in [0, 0.05) is 12.1 Å². The summed E-state index contributed by atoms with van der Waals surface area (Å²) in [5, 5.41) is 2.89. The van der Waals surface area contributed by atoms with Crippen LogP contribution in [0.5, 0.6) is 11.5 Å². The Morgan fingerprint density at radius 1 is 0.879 bits per heavy atom. The van der Waals surface area contributed by atoms with Gasteiger partial charge in [-0.25, -0.2) is 8.42 Å². The van der Waals surface area contributed by atoms with E-state index in [1.54, 1.807) is 63.6 Å². The van der Waals surface area contributed by atoms with Crippen LogP contribution in [0.2, 0.25) is 0 Å². The standard InChI is InChI=1S/C25H28N2O5S/c1-17-5-9-21(10-6-17)33(29,30)27-22-11-8-20(15-18(22)2)25(28)26-14-13-19-7-12-23(31-3)24(16-19)32-4/h5-12,15-16,27H,13-14H2,1-4H3,(H,26,28). The monoisotopic (exact) mass is 468 g/mol. The van der Waals surface area contributed by atoms with Gasteiger partial charge >= 0.3 is 0 Å². The minimum Gasteiger partial charge on any atom is -0.493 e. The Morgan fingerprint density at radius 3 is 2.21 bits per heavy atom. The lowest BCUT2D eigenvalue weighted by molar-refractivity contribution is 0.0954. The number of rotatable bonds is 9. The molecule has 3 aromatic rings. The van der Waals surface area contributed by atoms with E-state index in [0.717, 1.165) is 11.1 Å². The van der Waals surface area contributed by atoms with Gasteiger partial charge in [0.05, 0.1) is 24.8 Å². The summed E-state index contributed by atoms with van der Waals surface area (Å²) in [7, 11) is -0.550. The van der Waals surface area contributed by atoms with Crippen LogP contribution in [-0.4, -0.2) is 35.1 Å². The zero-order valence-electron chi connectivity index (χ0n) is 19.1. The van der Waals surface area contributed by atoms with Crippen molar-refractivity contribution >= 4 is 21.6 Å². The van der Waals surface area contributed by atoms with Gasteiger partial charge in [-0.2, -0.15) is 0 Å². The van der Waals surface area contributed by atoms with E-state index in [-0.39, 0.29) is 10.8 Å². The molecule has 0 radical (unpaired) electrons. The molecule has 174 valence electrons. The molecule has 0 aliphatic rings. The molecular formula is C25H28N2O5S. The first-order valence-corrected chi connectivity index (χ1v) is 11.9. The van der Waals surface area contributed by atoms with Crippen LogP contribution in [0.3, 0.4) is 0 Å². The Bertz CT molecular complexity index is 1240. The van der Waals surface area contributed by atoms with Crippen molar-refractivity contribution in [3.63, 3.8) is 0 Å². The van der Waals surface area contributed by atoms with Crippen LogP contribution in [-0.2, 0) is 16.4 Å². The van der Waals surface area contributed by atoms with E-state index in [4.69, 9.17) is 9.47 Å². The number of hydrogen-bond acceptors (Lipinski definition) is 5. The summed E-state index contributed by atoms with van der Waals surface area (Å²) in [6, 6.07) is 17.1. The van der Waals surface area contributed by atoms with Crippen LogP contribution < -0.4 is 19.5 Å². The predicted molar refractivity (Wildman–Crippen MR) is 129 cm³/mol. The molecular weight excluding hydrogens is 440 g/mol. The molecule has 0 heterocycles. The molecule has 0 bridgehead atoms. The van der Waals surface area contributed by atoms with Gasteiger partial charge in [0.1, 0.15) is 0 Å². The van der Waals surface area contributed by atoms with Crippen molar-refractivity contribution in [2.75, 3.05) is 25.5 Å². The normalized spacial score (nSPS) is 11.0. The predicted octanol–water partition coefficient (Wildman–Crippen LogP) is 4.09. The zero-order chi connectivity index (χ0) is 24.0. The van der Waals surface area contributed by atoms with Crippen LogP contribution in [0.4, 0.5) is 5.69 Å². The summed E-state index contributed by atoms with van der Waals surface area (Å²) in [6.07, 6.45) is 0.625. The zero-order valence-corrected chi connectivity index (χ0v) is 20.0. The number of ether oxygens (including phenoxy) is 2. The SMILES string of the molecule is COc1ccc(CCNC(=O)c2ccc(NS(=O)(=O)c3ccc(C)cc3)c(C)c2)cc1OC. The minimum atomic E-state index is -3.71. The van der Waals surface area contributed by atoms with Crippen molar-refractivity contribution in [1.29, 1.82) is 0 Å². The molecule has 0 aliphatic carbocycles. The van der Waals surface area contributed by atoms with Crippen LogP contribution in [0.15, 0.2) is 65.6 Å². The Balaban J connectivity index is 1.62. The second-order valence-electron chi connectivity index (χ2n) is 7.64. The number of nitrogens with one attached hydrogen (secondary N) is 2. The Kier molecular flexibility index (Phi) is 7.60. The van der Waals surface area contributed by atoms with Crippen molar-refractivity contribution < 1.29 is 22.7 Å². The average molecular weight is 469 g/mol. The minimum absolute atomic E-state index is 0.185. The van der Waals surface area contributed by atoms with Crippen molar-refractivity contribution in [3.8, 4) is 11.5 Å². The maximum Gasteiger partial charge on any atom is 0.261 e. The number of anilines is 1. The van der Waals surface area contributed by atoms with Gasteiger partial charge in [0.15, 0.2) is 11.5 Å². The van der Waals surface area contributed by atoms with Crippen LogP contribution in [0.25, 0.3) is 0 Å². The summed E-state index contributed by atoms with van der Waals surface area (Å²) < 4.78 is 38.4. The second-order valence-corrected chi connectivity index (χ2v) is 9.33. The number of carbonyl (C=O) groups is 1. The third kappa shape index (κ3) is 6.04. The third-order valence-corrected chi connectivity index (χ3v) is 6.59. The van der Waals surface area contributed by atoms with Gasteiger partial charge in [-0.1, -0.05) is 23.8 Å². The lowest BCUT2D eigenvalue weighted by Crippen LogP contribution is -2.25. The van der Waals surface area contributed by atoms with Gasteiger partial charge in [-0.05, 0) is 73.9 Å². The Hall–Kier alpha value is -3.52. The first-order valence-electron chi connectivity index (χ1n) is 10.4. The largest absolute Gasteiger partial charge is 0.493 e. The topological polar surface area (TPSA) is 93.7 Å². The fourth-order valence-electron chi connectivity index (χ4n) is 3.30. The van der Waals surface area contributed by atoms with Crippen LogP contribution in [0.1, 0.15) is 27.0 Å². The van der Waals surface area contributed by atoms with Gasteiger partial charge in [-0.3, -0.25) is 9.52 Å². The fourth-order valence-corrected chi connectivity index (χ4v) is 4.43. The molecule has 0 aromatic heterocycles. The van der Waals surface area contributed by atoms with Crippen LogP contribution >= 0.6 is 0 Å². The van der Waals surface area contributed by atoms with E-state index in [0.29, 0.717) is 41.3 Å². The van der Waals surface area contributed by atoms with Crippen molar-refractivity contribution in [2.24, 2.45) is 0 Å². The van der Waals surface area contributed by atoms with Crippen molar-refractivity contribution in [1.82, 2.24) is 5.32 Å². The average Bonchev–Trinajstić information content (AvgIpc) is 2.80. The number of benzene rings is 3. The number of amides is 1. The first kappa shape index (κ1) is 24.1. The molecule has 0 saturated carbocycles. The highest BCUT2D eigenvalue weighted by Crippen LogP contribution is 2.27. The summed E-state index contributed by atoms with van der Waals surface area (Å²) >= 11 is 0. The molecule has 3 aromatic carbocycles. The number of methoxy groups -OCH3 is 2. The van der Waals surface area contributed by atoms with Gasteiger partial charge in [0.25, 0.3) is 15.9 Å². The van der Waals surface area contributed by atoms with Gasteiger partial charge in [0.2, 0.25) is 0 Å². The first-order chi connectivity index (χ1) is 15.7. The number of carbonyl (C=O) groups excluding carboxylic acids is 1. The lowest BCUT2D eigenvalue weighted by Gasteiger charge is -2.13. The molecule has 2 N–H and O–H groups in total. The van der Waals surface area contributed by atoms with Gasteiger partial charge in [-0.15, -0.1) is 0 Å². The molecule has 1 amide bonds. The van der Waals surface area contributed by atoms with E-state index >= 15 is 0 Å². The highest BCUT2D eigenvalue weighted by molar-refractivity contribution is 7.92. The molecule has 0 spiro atoms. The molecule has 0 saturated heterocycles. The number of sulfonamides is 1. The van der Waals surface area contributed by atoms with Gasteiger partial charge < -0.3 is 14.8 Å². The number of aryl methyl sites for hydroxylation is 2. The highest BCUT2D eigenvalue weighted by atomic mass is 32.2. The smallest absolute Gasteiger partial charge is 0.261 e. The van der Waals surface area contributed by atoms with E-state index in [9.17, 15) is 13.2 Å². The van der Waals surface area contributed by atoms with Crippen molar-refractivity contribution in [2.45, 2.75) is 25.2 Å². The highest BCUT2D eigenvalue weighted by Gasteiger charge is 2.16. The molecule has 3 rings (SSSR count). The quantitative estimate of drug-likeness (QED) is 0.493. The molecule has 0 atom stereocenters.